The van der Waals surface area contributed by atoms with E-state index in [-0.39, 0.29) is 63.2 Å². The summed E-state index contributed by atoms with van der Waals surface area (Å²) in [5, 5.41) is 71.9. The van der Waals surface area contributed by atoms with Gasteiger partial charge >= 0.3 is 30.9 Å². The van der Waals surface area contributed by atoms with Crippen molar-refractivity contribution in [2.45, 2.75) is 99.9 Å². The van der Waals surface area contributed by atoms with Crippen LogP contribution in [-0.4, -0.2) is 178 Å². The fourth-order valence-corrected chi connectivity index (χ4v) is 21.0. The molecule has 0 saturated carbocycles. The Morgan fingerprint density at radius 1 is 0.368 bits per heavy atom. The molecule has 0 spiro atoms. The second-order valence-electron chi connectivity index (χ2n) is 32.4. The number of alkyl halides is 15. The van der Waals surface area contributed by atoms with E-state index in [1.165, 1.54) is 18.6 Å². The highest BCUT2D eigenvalue weighted by atomic mass is 32.2. The van der Waals surface area contributed by atoms with E-state index in [2.05, 4.69) is 122 Å². The first-order valence-corrected chi connectivity index (χ1v) is 43.9. The lowest BCUT2D eigenvalue weighted by atomic mass is 9.83. The number of likely N-dealkylation sites (N-methyl/N-ethyl adjacent to an activating group) is 1. The van der Waals surface area contributed by atoms with E-state index in [1.54, 1.807) is 67.0 Å². The smallest absolute Gasteiger partial charge is 0.433 e. The van der Waals surface area contributed by atoms with E-state index in [1.807, 2.05) is 53.6 Å². The highest BCUT2D eigenvalue weighted by Gasteiger charge is 2.44. The molecule has 0 radical (unpaired) electrons. The first kappa shape index (κ1) is 85.3. The minimum absolute atomic E-state index is 0.00491. The van der Waals surface area contributed by atoms with Gasteiger partial charge < -0.3 is 15.4 Å². The number of ether oxygens (including phenoxy) is 1. The minimum atomic E-state index is -4.67. The summed E-state index contributed by atoms with van der Waals surface area (Å²) >= 11 is 1.70. The normalized spacial score (nSPS) is 15.8. The van der Waals surface area contributed by atoms with E-state index in [4.69, 9.17) is 10.5 Å². The fraction of sp³-hybridized carbons (Fsp3) is 0.244. The van der Waals surface area contributed by atoms with Crippen molar-refractivity contribution in [2.75, 3.05) is 31.7 Å². The van der Waals surface area contributed by atoms with Crippen LogP contribution in [0.2, 0.25) is 0 Å². The zero-order valence-electron chi connectivity index (χ0n) is 68.5. The second-order valence-corrected chi connectivity index (χ2v) is 35.7. The Morgan fingerprint density at radius 2 is 0.692 bits per heavy atom. The van der Waals surface area contributed by atoms with Gasteiger partial charge in [-0.15, -0.1) is 0 Å². The molecule has 20 aromatic rings. The molecule has 1 unspecified atom stereocenters. The number of aromatic amines is 10. The van der Waals surface area contributed by atoms with E-state index in [9.17, 15) is 74.3 Å². The zero-order chi connectivity index (χ0) is 92.3. The van der Waals surface area contributed by atoms with Crippen molar-refractivity contribution < 1.29 is 79.0 Å². The minimum Gasteiger partial charge on any atom is -0.492 e. The number of thioether (sulfide) groups is 1. The lowest BCUT2D eigenvalue weighted by molar-refractivity contribution is -0.141. The van der Waals surface area contributed by atoms with E-state index >= 15 is 0 Å². The number of nitrogens with one attached hydrogen (secondary N) is 10. The van der Waals surface area contributed by atoms with Crippen molar-refractivity contribution in [1.29, 1.82) is 0 Å². The van der Waals surface area contributed by atoms with Crippen molar-refractivity contribution in [1.82, 2.24) is 132 Å². The molecule has 25 rings (SSSR count). The number of halogens is 15. The third-order valence-corrected chi connectivity index (χ3v) is 27.0. The van der Waals surface area contributed by atoms with Crippen LogP contribution in [0.15, 0.2) is 123 Å². The van der Waals surface area contributed by atoms with Crippen molar-refractivity contribution in [2.24, 2.45) is 5.73 Å². The molecule has 4 aliphatic heterocycles. The molecule has 47 heteroatoms. The first-order chi connectivity index (χ1) is 63.7. The molecule has 0 bridgehead atoms. The van der Waals surface area contributed by atoms with Gasteiger partial charge in [-0.1, -0.05) is 0 Å². The molecule has 1 aliphatic carbocycles. The quantitative estimate of drug-likeness (QED) is 0.0713. The van der Waals surface area contributed by atoms with Crippen LogP contribution in [0.3, 0.4) is 0 Å². The van der Waals surface area contributed by atoms with Gasteiger partial charge in [0.2, 0.25) is 0 Å². The number of hydrogen-bond donors (Lipinski definition) is 11. The average molecular weight is 1870 g/mol. The molecule has 1 atom stereocenters. The highest BCUT2D eigenvalue weighted by Crippen LogP contribution is 2.50. The second kappa shape index (κ2) is 31.9. The predicted molar refractivity (Wildman–Crippen MR) is 460 cm³/mol. The number of nitrogens with two attached hydrogens (primary N) is 1. The Hall–Kier alpha value is -14.5. The van der Waals surface area contributed by atoms with Gasteiger partial charge in [0.05, 0.1) is 197 Å². The van der Waals surface area contributed by atoms with Crippen LogP contribution in [0.1, 0.15) is 85.0 Å². The van der Waals surface area contributed by atoms with Crippen LogP contribution in [-0.2, 0) is 97.3 Å². The molecule has 0 fully saturated rings. The lowest BCUT2D eigenvalue weighted by Gasteiger charge is -2.28. The summed E-state index contributed by atoms with van der Waals surface area (Å²) in [6.07, 6.45) is -4.31. The zero-order valence-corrected chi connectivity index (χ0v) is 70.1. The molecular formula is C86H64F15N27O3S2. The third-order valence-electron chi connectivity index (χ3n) is 24.4. The van der Waals surface area contributed by atoms with Crippen LogP contribution in [0.5, 0.6) is 5.75 Å². The van der Waals surface area contributed by atoms with Gasteiger partial charge in [-0.3, -0.25) is 51.0 Å². The topological polar surface area (TPSA) is 424 Å². The number of aryl methyl sites for hydroxylation is 3. The largest absolute Gasteiger partial charge is 0.492 e. The van der Waals surface area contributed by atoms with Crippen LogP contribution in [0, 0.1) is 0 Å². The van der Waals surface area contributed by atoms with Gasteiger partial charge in [0.1, 0.15) is 34.2 Å². The van der Waals surface area contributed by atoms with Crippen molar-refractivity contribution in [3.8, 4) is 62.0 Å². The van der Waals surface area contributed by atoms with Crippen LogP contribution in [0.4, 0.5) is 65.9 Å². The highest BCUT2D eigenvalue weighted by molar-refractivity contribution is 7.98. The van der Waals surface area contributed by atoms with Crippen molar-refractivity contribution in [3.05, 3.63) is 201 Å². The molecule has 0 saturated heterocycles. The van der Waals surface area contributed by atoms with Gasteiger partial charge in [-0.25, -0.2) is 33.3 Å². The summed E-state index contributed by atoms with van der Waals surface area (Å²) in [7, 11) is -1.49. The number of rotatable bonds is 5. The molecule has 678 valence electrons. The van der Waals surface area contributed by atoms with Crippen molar-refractivity contribution in [3.63, 3.8) is 0 Å². The van der Waals surface area contributed by atoms with Crippen LogP contribution in [0.25, 0.3) is 165 Å². The summed E-state index contributed by atoms with van der Waals surface area (Å²) in [5.41, 5.74) is 16.9. The predicted octanol–water partition coefficient (Wildman–Crippen LogP) is 17.6. The van der Waals surface area contributed by atoms with Crippen LogP contribution >= 0.6 is 11.8 Å². The fourth-order valence-electron chi connectivity index (χ4n) is 18.6. The van der Waals surface area contributed by atoms with Gasteiger partial charge in [0, 0.05) is 85.3 Å². The first-order valence-electron chi connectivity index (χ1n) is 41.0. The molecule has 19 heterocycles. The number of pyridine rings is 5. The molecule has 0 amide bonds. The Morgan fingerprint density at radius 3 is 1.08 bits per heavy atom. The summed E-state index contributed by atoms with van der Waals surface area (Å²) in [6, 6.07) is 17.9. The number of benzene rings is 5. The standard InChI is InChI=1S/2C18H15F3N6.C17H12F3N5O2S.C17H12F3N5S.C16H10F3N5O/c1-27-5-4-9-12(8-27)16(11-7-23-26-17(11)18(19,20)21)24-14-3-2-13-10(15(9)14)6-22-25-13;19-18(20,21)17-12(7-24-27-17)16-10-5-8(22)1-2-9(10)15-11-6-23-26-13(11)3-4-14(15)25-16;18-17(19,20)16-10(6-22-25-16)15-11-7-28(26,27)4-3-8(11)14-9-5-21-24-12(9)1-2-13(14)23-15;18-17(19,20)16-10(6-22-25-16)15-11-7-26-4-3-8(11)14-9-5-21-24-12(9)1-2-13(14)23-15;17-16(18,19)15-9(6-21-24-15)13-7-3-4-25-14(7)12-8-5-20-23-10(8)1-2-11(12)22-13/h2-3,6-7H,4-5,8H2,1H3,(H,22,25)(H,23,26);3-4,6-8H,1-2,5,22H2,(H,23,26)(H,24,27);1-2,5-6H,3-4,7H2,(H,21,24)(H,22,25);1-2,5-6H,3-4,7H2,(H,21,24)(H,22,25);1-2,5-6H,3-4H2,(H,20,23)(H,21,24). The van der Waals surface area contributed by atoms with Gasteiger partial charge in [0.25, 0.3) is 0 Å². The van der Waals surface area contributed by atoms with Crippen molar-refractivity contribution >= 4 is 131 Å². The summed E-state index contributed by atoms with van der Waals surface area (Å²) < 4.78 is 231. The SMILES string of the molecule is CN1CCc2c(c(-c3cn[nH]c3C(F)(F)F)nc3ccc4[nH]ncc4c23)C1.FC(F)(F)c1[nH]ncc1-c1nc2ccc3[nH]ncc3c2c2c1CCO2.FC(F)(F)c1[nH]ncc1-c1nc2ccc3[nH]ncc3c2c2c1CSCC2.NC1CCc2c(c(-c3cn[nH]c3C(F)(F)F)nc3ccc4[nH]ncc4c23)C1.O=S1(=O)CCc2c(c(-c3cn[nH]c3C(F)(F)F)nc3ccc4[nH]ncc4c23)C1. The van der Waals surface area contributed by atoms with E-state index in [0.29, 0.717) is 105 Å². The molecular weight excluding hydrogens is 1810 g/mol. The number of fused-ring (bicyclic) bond motifs is 25. The number of aromatic nitrogens is 25. The van der Waals surface area contributed by atoms with Crippen LogP contribution < -0.4 is 10.5 Å². The Labute approximate surface area is 738 Å². The summed E-state index contributed by atoms with van der Waals surface area (Å²) in [6.45, 7) is 1.76. The number of nitrogens with zero attached hydrogens (tertiary/aromatic N) is 16. The van der Waals surface area contributed by atoms with Gasteiger partial charge in [-0.2, -0.15) is 129 Å². The molecule has 5 aromatic carbocycles. The number of sulfone groups is 1. The number of H-pyrrole nitrogens is 10. The summed E-state index contributed by atoms with van der Waals surface area (Å²) in [5.74, 6) is 1.70. The Balaban J connectivity index is 0.000000100. The maximum atomic E-state index is 13.4. The van der Waals surface area contributed by atoms with E-state index < -0.39 is 69.2 Å². The van der Waals surface area contributed by atoms with Gasteiger partial charge in [-0.05, 0) is 156 Å². The summed E-state index contributed by atoms with van der Waals surface area (Å²) in [4.78, 5) is 24.9. The molecule has 12 N–H and O–H groups in total. The maximum Gasteiger partial charge on any atom is 0.433 e. The van der Waals surface area contributed by atoms with E-state index in [0.717, 1.165) is 159 Å². The average Bonchev–Trinajstić information content (AvgIpc) is 1.66. The molecule has 30 nitrogen and oxygen atoms in total. The van der Waals surface area contributed by atoms with Gasteiger partial charge in [0.15, 0.2) is 9.84 Å². The Kier molecular flexibility index (Phi) is 20.5. The molecule has 133 heavy (non-hydrogen) atoms. The monoisotopic (exact) mass is 1870 g/mol. The lowest BCUT2D eigenvalue weighted by Crippen LogP contribution is -2.29. The molecule has 5 aliphatic rings. The Bertz CT molecular complexity index is 7980. The number of hydrogen-bond acceptors (Lipinski definition) is 21. The maximum absolute atomic E-state index is 13.4. The third kappa shape index (κ3) is 15.1. The molecule has 15 aromatic heterocycles.